The molecule has 4 bridgehead atoms. The summed E-state index contributed by atoms with van der Waals surface area (Å²) in [7, 11) is 1.81. The highest BCUT2D eigenvalue weighted by atomic mass is 16.2. The largest absolute Gasteiger partial charge is 0.330 e. The van der Waals surface area contributed by atoms with Crippen LogP contribution in [0.2, 0.25) is 0 Å². The number of aromatic nitrogens is 4. The average Bonchev–Trinajstić information content (AvgIpc) is 3.15. The maximum absolute atomic E-state index is 12.3. The van der Waals surface area contributed by atoms with Gasteiger partial charge in [-0.3, -0.25) is 10.1 Å². The lowest BCUT2D eigenvalue weighted by atomic mass is 9.49. The van der Waals surface area contributed by atoms with Crippen molar-refractivity contribution in [1.82, 2.24) is 19.5 Å². The Morgan fingerprint density at radius 2 is 1.88 bits per heavy atom. The van der Waals surface area contributed by atoms with Gasteiger partial charge in [0.05, 0.1) is 18.7 Å². The molecule has 0 radical (unpaired) electrons. The molecule has 6 rings (SSSR count). The second-order valence-corrected chi connectivity index (χ2v) is 8.19. The molecule has 2 N–H and O–H groups in total. The van der Waals surface area contributed by atoms with Crippen molar-refractivity contribution in [2.75, 3.05) is 5.32 Å². The van der Waals surface area contributed by atoms with Gasteiger partial charge in [0.25, 0.3) is 5.91 Å². The number of carbonyl (C=O) groups is 1. The third kappa shape index (κ3) is 2.12. The van der Waals surface area contributed by atoms with Crippen LogP contribution in [0.25, 0.3) is 0 Å². The standard InChI is InChI=1S/C18H23N5O/c1-23-10-19-8-14(23)16(24)22-17-20-9-15(21-17)18-5-11-2-12(6-18)4-13(3-11)7-18/h8-13H,2-7H2,1H3,(H2,20,21,22,24). The highest BCUT2D eigenvalue weighted by Gasteiger charge is 2.52. The van der Waals surface area contributed by atoms with Crippen molar-refractivity contribution in [3.63, 3.8) is 0 Å². The number of rotatable bonds is 3. The minimum absolute atomic E-state index is 0.179. The van der Waals surface area contributed by atoms with Gasteiger partial charge in [-0.1, -0.05) is 0 Å². The summed E-state index contributed by atoms with van der Waals surface area (Å²) in [4.78, 5) is 24.2. The first-order valence-corrected chi connectivity index (χ1v) is 8.94. The van der Waals surface area contributed by atoms with E-state index in [0.717, 1.165) is 17.8 Å². The van der Waals surface area contributed by atoms with Gasteiger partial charge in [-0.2, -0.15) is 0 Å². The number of nitrogens with zero attached hydrogens (tertiary/aromatic N) is 3. The maximum Gasteiger partial charge on any atom is 0.276 e. The zero-order valence-electron chi connectivity index (χ0n) is 14.0. The topological polar surface area (TPSA) is 75.6 Å². The molecular formula is C18H23N5O. The number of aromatic amines is 1. The molecule has 2 aromatic heterocycles. The summed E-state index contributed by atoms with van der Waals surface area (Å²) in [6.45, 7) is 0. The lowest BCUT2D eigenvalue weighted by Crippen LogP contribution is -2.48. The Labute approximate surface area is 141 Å². The van der Waals surface area contributed by atoms with Gasteiger partial charge in [-0.25, -0.2) is 9.97 Å². The number of amides is 1. The van der Waals surface area contributed by atoms with Gasteiger partial charge >= 0.3 is 0 Å². The fourth-order valence-electron chi connectivity index (χ4n) is 5.84. The van der Waals surface area contributed by atoms with Crippen LogP contribution in [-0.4, -0.2) is 25.4 Å². The van der Waals surface area contributed by atoms with Crippen LogP contribution in [0.5, 0.6) is 0 Å². The van der Waals surface area contributed by atoms with E-state index in [1.807, 2.05) is 13.2 Å². The first-order chi connectivity index (χ1) is 11.6. The normalized spacial score (nSPS) is 33.8. The number of imidazole rings is 2. The van der Waals surface area contributed by atoms with E-state index in [-0.39, 0.29) is 11.3 Å². The van der Waals surface area contributed by atoms with Crippen LogP contribution in [0.1, 0.15) is 54.7 Å². The van der Waals surface area contributed by atoms with E-state index in [4.69, 9.17) is 0 Å². The molecule has 2 heterocycles. The van der Waals surface area contributed by atoms with Gasteiger partial charge in [0.15, 0.2) is 0 Å². The van der Waals surface area contributed by atoms with Crippen molar-refractivity contribution in [2.24, 2.45) is 24.8 Å². The number of H-pyrrole nitrogens is 1. The third-order valence-corrected chi connectivity index (χ3v) is 6.47. The van der Waals surface area contributed by atoms with E-state index in [1.54, 1.807) is 17.1 Å². The smallest absolute Gasteiger partial charge is 0.276 e. The molecule has 4 saturated carbocycles. The quantitative estimate of drug-likeness (QED) is 0.911. The van der Waals surface area contributed by atoms with Gasteiger partial charge in [0, 0.05) is 18.2 Å². The van der Waals surface area contributed by atoms with Crippen LogP contribution >= 0.6 is 0 Å². The van der Waals surface area contributed by atoms with E-state index in [9.17, 15) is 4.79 Å². The Hall–Kier alpha value is -2.11. The van der Waals surface area contributed by atoms with Gasteiger partial charge in [0.2, 0.25) is 5.95 Å². The predicted octanol–water partition coefficient (Wildman–Crippen LogP) is 2.86. The van der Waals surface area contributed by atoms with Crippen LogP contribution in [-0.2, 0) is 12.5 Å². The van der Waals surface area contributed by atoms with Crippen LogP contribution in [0.3, 0.4) is 0 Å². The summed E-state index contributed by atoms with van der Waals surface area (Å²) >= 11 is 0. The van der Waals surface area contributed by atoms with Crippen molar-refractivity contribution >= 4 is 11.9 Å². The number of anilines is 1. The van der Waals surface area contributed by atoms with E-state index < -0.39 is 0 Å². The van der Waals surface area contributed by atoms with Crippen molar-refractivity contribution in [3.05, 3.63) is 30.1 Å². The highest BCUT2D eigenvalue weighted by molar-refractivity contribution is 6.01. The zero-order valence-corrected chi connectivity index (χ0v) is 14.0. The lowest BCUT2D eigenvalue weighted by Gasteiger charge is -2.56. The summed E-state index contributed by atoms with van der Waals surface area (Å²) < 4.78 is 1.71. The van der Waals surface area contributed by atoms with Crippen molar-refractivity contribution in [2.45, 2.75) is 43.9 Å². The molecule has 2 aromatic rings. The minimum Gasteiger partial charge on any atom is -0.330 e. The predicted molar refractivity (Wildman–Crippen MR) is 89.6 cm³/mol. The van der Waals surface area contributed by atoms with E-state index in [1.165, 1.54) is 44.2 Å². The van der Waals surface area contributed by atoms with Crippen LogP contribution < -0.4 is 5.32 Å². The number of hydrogen-bond donors (Lipinski definition) is 2. The minimum atomic E-state index is -0.179. The van der Waals surface area contributed by atoms with Gasteiger partial charge in [-0.05, 0) is 56.3 Å². The monoisotopic (exact) mass is 325 g/mol. The second kappa shape index (κ2) is 4.94. The Bertz CT molecular complexity index is 754. The molecule has 0 aromatic carbocycles. The Kier molecular flexibility index (Phi) is 2.94. The molecule has 6 nitrogen and oxygen atoms in total. The third-order valence-electron chi connectivity index (χ3n) is 6.47. The SMILES string of the molecule is Cn1cncc1C(=O)Nc1ncc(C23CC4CC(CC(C4)C2)C3)[nH]1. The number of nitrogens with one attached hydrogen (secondary N) is 2. The molecule has 6 heteroatoms. The highest BCUT2D eigenvalue weighted by Crippen LogP contribution is 2.60. The maximum atomic E-state index is 12.3. The molecule has 4 aliphatic rings. The van der Waals surface area contributed by atoms with Gasteiger partial charge in [0.1, 0.15) is 5.69 Å². The first kappa shape index (κ1) is 14.3. The molecule has 0 spiro atoms. The van der Waals surface area contributed by atoms with Crippen molar-refractivity contribution < 1.29 is 4.79 Å². The first-order valence-electron chi connectivity index (χ1n) is 8.94. The fourth-order valence-corrected chi connectivity index (χ4v) is 5.84. The molecule has 24 heavy (non-hydrogen) atoms. The van der Waals surface area contributed by atoms with Crippen molar-refractivity contribution in [3.8, 4) is 0 Å². The van der Waals surface area contributed by atoms with E-state index in [0.29, 0.717) is 11.6 Å². The van der Waals surface area contributed by atoms with Crippen LogP contribution in [0, 0.1) is 17.8 Å². The van der Waals surface area contributed by atoms with Gasteiger partial charge < -0.3 is 9.55 Å². The second-order valence-electron chi connectivity index (χ2n) is 8.19. The summed E-state index contributed by atoms with van der Waals surface area (Å²) in [5.74, 6) is 3.06. The average molecular weight is 325 g/mol. The fraction of sp³-hybridized carbons (Fsp3) is 0.611. The van der Waals surface area contributed by atoms with E-state index in [2.05, 4.69) is 20.3 Å². The zero-order chi connectivity index (χ0) is 16.3. The summed E-state index contributed by atoms with van der Waals surface area (Å²) in [6, 6.07) is 0. The Morgan fingerprint density at radius 1 is 1.21 bits per heavy atom. The summed E-state index contributed by atoms with van der Waals surface area (Å²) in [5, 5.41) is 2.87. The van der Waals surface area contributed by atoms with Crippen LogP contribution in [0.15, 0.2) is 18.7 Å². The molecule has 126 valence electrons. The van der Waals surface area contributed by atoms with E-state index >= 15 is 0 Å². The number of carbonyl (C=O) groups excluding carboxylic acids is 1. The summed E-state index contributed by atoms with van der Waals surface area (Å²) in [6.07, 6.45) is 13.3. The Morgan fingerprint density at radius 3 is 2.46 bits per heavy atom. The molecule has 4 aliphatic carbocycles. The molecular weight excluding hydrogens is 302 g/mol. The molecule has 0 saturated heterocycles. The molecule has 4 fully saturated rings. The summed E-state index contributed by atoms with van der Waals surface area (Å²) in [5.41, 5.74) is 2.03. The van der Waals surface area contributed by atoms with Gasteiger partial charge in [-0.15, -0.1) is 0 Å². The lowest BCUT2D eigenvalue weighted by molar-refractivity contribution is -0.00698. The van der Waals surface area contributed by atoms with Crippen molar-refractivity contribution in [1.29, 1.82) is 0 Å². The van der Waals surface area contributed by atoms with Crippen LogP contribution in [0.4, 0.5) is 5.95 Å². The number of hydrogen-bond acceptors (Lipinski definition) is 3. The Balaban J connectivity index is 1.38. The molecule has 0 aliphatic heterocycles. The number of aryl methyl sites for hydroxylation is 1. The molecule has 0 atom stereocenters. The molecule has 1 amide bonds. The molecule has 0 unspecified atom stereocenters.